The molecule has 2 rings (SSSR count). The number of benzene rings is 1. The Morgan fingerprint density at radius 3 is 2.46 bits per heavy atom. The Morgan fingerprint density at radius 1 is 1.29 bits per heavy atom. The normalized spacial score (nSPS) is 16.7. The molecule has 0 radical (unpaired) electrons. The number of alkyl halides is 2. The van der Waals surface area contributed by atoms with Gasteiger partial charge in [-0.05, 0) is 25.0 Å². The second-order valence-electron chi connectivity index (χ2n) is 5.46. The summed E-state index contributed by atoms with van der Waals surface area (Å²) < 4.78 is 48.7. The number of nitrogens with zero attached hydrogens (tertiary/aromatic N) is 1. The molecule has 1 fully saturated rings. The number of para-hydroxylation sites is 1. The Morgan fingerprint density at radius 2 is 1.88 bits per heavy atom. The van der Waals surface area contributed by atoms with Gasteiger partial charge in [-0.1, -0.05) is 12.1 Å². The average Bonchev–Trinajstić information content (AvgIpc) is 2.50. The molecule has 1 aromatic carbocycles. The monoisotopic (exact) mass is 383 g/mol. The Hall–Kier alpha value is -1.29. The van der Waals surface area contributed by atoms with Crippen molar-refractivity contribution < 1.29 is 22.0 Å². The van der Waals surface area contributed by atoms with Crippen molar-refractivity contribution in [2.24, 2.45) is 5.73 Å². The van der Waals surface area contributed by atoms with E-state index < -0.39 is 26.4 Å². The first kappa shape index (κ1) is 20.8. The molecule has 3 N–H and O–H groups in total. The molecule has 1 aromatic rings. The predicted molar refractivity (Wildman–Crippen MR) is 89.2 cm³/mol. The fourth-order valence-electron chi connectivity index (χ4n) is 2.42. The molecule has 1 saturated heterocycles. The largest absolute Gasteiger partial charge is 0.341 e. The number of halogens is 3. The van der Waals surface area contributed by atoms with Crippen molar-refractivity contribution in [3.05, 3.63) is 24.3 Å². The van der Waals surface area contributed by atoms with E-state index >= 15 is 0 Å². The van der Waals surface area contributed by atoms with Gasteiger partial charge in [-0.2, -0.15) is 8.78 Å². The van der Waals surface area contributed by atoms with Crippen LogP contribution in [0.25, 0.3) is 0 Å². The molecular formula is C14H20ClF2N3O3S. The third-order valence-corrected chi connectivity index (χ3v) is 5.14. The van der Waals surface area contributed by atoms with Crippen molar-refractivity contribution in [3.63, 3.8) is 0 Å². The van der Waals surface area contributed by atoms with Crippen LogP contribution in [-0.4, -0.2) is 50.7 Å². The van der Waals surface area contributed by atoms with Crippen molar-refractivity contribution in [2.75, 3.05) is 25.0 Å². The van der Waals surface area contributed by atoms with Gasteiger partial charge < -0.3 is 11.1 Å². The van der Waals surface area contributed by atoms with E-state index in [1.54, 1.807) is 0 Å². The number of hydrogen-bond acceptors (Lipinski definition) is 5. The maximum Gasteiger partial charge on any atom is 0.341 e. The highest BCUT2D eigenvalue weighted by molar-refractivity contribution is 7.91. The van der Waals surface area contributed by atoms with Gasteiger partial charge in [0.1, 0.15) is 0 Å². The van der Waals surface area contributed by atoms with Crippen LogP contribution in [0.1, 0.15) is 12.8 Å². The summed E-state index contributed by atoms with van der Waals surface area (Å²) >= 11 is 0. The minimum atomic E-state index is -4.77. The number of piperidine rings is 1. The summed E-state index contributed by atoms with van der Waals surface area (Å²) in [5.74, 6) is -3.98. The number of carbonyl (C=O) groups is 1. The lowest BCUT2D eigenvalue weighted by Crippen LogP contribution is -2.43. The summed E-state index contributed by atoms with van der Waals surface area (Å²) in [6.45, 7) is 1.41. The second-order valence-corrected chi connectivity index (χ2v) is 7.35. The van der Waals surface area contributed by atoms with Crippen LogP contribution in [0.2, 0.25) is 0 Å². The Labute approximate surface area is 145 Å². The Bertz CT molecular complexity index is 665. The van der Waals surface area contributed by atoms with E-state index in [2.05, 4.69) is 5.32 Å². The number of hydrogen-bond donors (Lipinski definition) is 2. The molecule has 10 heteroatoms. The van der Waals surface area contributed by atoms with E-state index in [0.29, 0.717) is 13.1 Å². The van der Waals surface area contributed by atoms with Crippen LogP contribution >= 0.6 is 12.4 Å². The summed E-state index contributed by atoms with van der Waals surface area (Å²) in [5, 5.41) is 2.41. The molecule has 0 bridgehead atoms. The van der Waals surface area contributed by atoms with Gasteiger partial charge in [0, 0.05) is 19.1 Å². The SMILES string of the molecule is Cl.NC1CCN(CC(=O)Nc2ccccc2S(=O)(=O)C(F)F)CC1. The van der Waals surface area contributed by atoms with E-state index in [1.165, 1.54) is 18.2 Å². The third kappa shape index (κ3) is 5.10. The smallest absolute Gasteiger partial charge is 0.328 e. The number of anilines is 1. The van der Waals surface area contributed by atoms with Crippen molar-refractivity contribution in [1.82, 2.24) is 4.90 Å². The van der Waals surface area contributed by atoms with Crippen molar-refractivity contribution in [3.8, 4) is 0 Å². The lowest BCUT2D eigenvalue weighted by atomic mass is 10.1. The molecule has 1 heterocycles. The molecule has 1 aliphatic heterocycles. The standard InChI is InChI=1S/C14H19F2N3O3S.ClH/c15-14(16)23(21,22)12-4-2-1-3-11(12)18-13(20)9-19-7-5-10(17)6-8-19;/h1-4,10,14H,5-9,17H2,(H,18,20);1H. The van der Waals surface area contributed by atoms with Crippen LogP contribution in [0.4, 0.5) is 14.5 Å². The van der Waals surface area contributed by atoms with Crippen LogP contribution in [0, 0.1) is 0 Å². The van der Waals surface area contributed by atoms with E-state index in [4.69, 9.17) is 5.73 Å². The quantitative estimate of drug-likeness (QED) is 0.803. The van der Waals surface area contributed by atoms with Gasteiger partial charge in [0.05, 0.1) is 17.1 Å². The zero-order valence-electron chi connectivity index (χ0n) is 12.8. The topological polar surface area (TPSA) is 92.5 Å². The van der Waals surface area contributed by atoms with Gasteiger partial charge in [0.2, 0.25) is 15.7 Å². The summed E-state index contributed by atoms with van der Waals surface area (Å²) in [4.78, 5) is 13.4. The first-order chi connectivity index (χ1) is 10.8. The van der Waals surface area contributed by atoms with Gasteiger partial charge in [0.15, 0.2) is 0 Å². The molecular weight excluding hydrogens is 364 g/mol. The van der Waals surface area contributed by atoms with Crippen molar-refractivity contribution >= 4 is 33.8 Å². The van der Waals surface area contributed by atoms with Gasteiger partial charge in [-0.25, -0.2) is 8.42 Å². The van der Waals surface area contributed by atoms with Crippen LogP contribution in [0.5, 0.6) is 0 Å². The number of nitrogens with one attached hydrogen (secondary N) is 1. The summed E-state index contributed by atoms with van der Waals surface area (Å²) in [7, 11) is -4.77. The van der Waals surface area contributed by atoms with Crippen LogP contribution < -0.4 is 11.1 Å². The number of rotatable bonds is 5. The van der Waals surface area contributed by atoms with Crippen LogP contribution in [0.15, 0.2) is 29.2 Å². The highest BCUT2D eigenvalue weighted by atomic mass is 35.5. The van der Waals surface area contributed by atoms with Gasteiger partial charge >= 0.3 is 5.76 Å². The molecule has 0 spiro atoms. The van der Waals surface area contributed by atoms with E-state index in [9.17, 15) is 22.0 Å². The number of nitrogens with two attached hydrogens (primary N) is 1. The molecule has 0 aliphatic carbocycles. The molecule has 0 atom stereocenters. The molecule has 1 aliphatic rings. The predicted octanol–water partition coefficient (Wildman–Crippen LogP) is 1.47. The molecule has 0 aromatic heterocycles. The minimum Gasteiger partial charge on any atom is -0.328 e. The maximum absolute atomic E-state index is 12.7. The first-order valence-electron chi connectivity index (χ1n) is 7.19. The van der Waals surface area contributed by atoms with E-state index in [-0.39, 0.29) is 30.7 Å². The second kappa shape index (κ2) is 8.70. The van der Waals surface area contributed by atoms with Gasteiger partial charge in [-0.15, -0.1) is 12.4 Å². The lowest BCUT2D eigenvalue weighted by molar-refractivity contribution is -0.117. The average molecular weight is 384 g/mol. The third-order valence-electron chi connectivity index (χ3n) is 3.70. The molecule has 0 unspecified atom stereocenters. The fourth-order valence-corrected chi connectivity index (χ4v) is 3.30. The van der Waals surface area contributed by atoms with Crippen LogP contribution in [0.3, 0.4) is 0 Å². The highest BCUT2D eigenvalue weighted by Gasteiger charge is 2.29. The number of carbonyl (C=O) groups excluding carboxylic acids is 1. The molecule has 6 nitrogen and oxygen atoms in total. The van der Waals surface area contributed by atoms with Crippen molar-refractivity contribution in [1.29, 1.82) is 0 Å². The van der Waals surface area contributed by atoms with Crippen LogP contribution in [-0.2, 0) is 14.6 Å². The van der Waals surface area contributed by atoms with E-state index in [0.717, 1.165) is 18.9 Å². The Balaban J connectivity index is 0.00000288. The Kier molecular flexibility index (Phi) is 7.53. The molecule has 136 valence electrons. The fraction of sp³-hybridized carbons (Fsp3) is 0.500. The maximum atomic E-state index is 12.7. The zero-order valence-corrected chi connectivity index (χ0v) is 14.5. The summed E-state index contributed by atoms with van der Waals surface area (Å²) in [5.41, 5.74) is 5.65. The van der Waals surface area contributed by atoms with Gasteiger partial charge in [0.25, 0.3) is 0 Å². The number of sulfone groups is 1. The minimum absolute atomic E-state index is 0. The highest BCUT2D eigenvalue weighted by Crippen LogP contribution is 2.26. The van der Waals surface area contributed by atoms with E-state index in [1.807, 2.05) is 4.90 Å². The summed E-state index contributed by atoms with van der Waals surface area (Å²) in [6.07, 6.45) is 1.56. The lowest BCUT2D eigenvalue weighted by Gasteiger charge is -2.29. The van der Waals surface area contributed by atoms with Gasteiger partial charge in [-0.3, -0.25) is 9.69 Å². The molecule has 0 saturated carbocycles. The van der Waals surface area contributed by atoms with Crippen molar-refractivity contribution in [2.45, 2.75) is 29.5 Å². The molecule has 1 amide bonds. The first-order valence-corrected chi connectivity index (χ1v) is 8.74. The molecule has 24 heavy (non-hydrogen) atoms. The zero-order chi connectivity index (χ0) is 17.0. The number of amides is 1. The summed E-state index contributed by atoms with van der Waals surface area (Å²) in [6, 6.07) is 5.28. The number of likely N-dealkylation sites (tertiary alicyclic amines) is 1.